The molecule has 7 heteroatoms. The minimum Gasteiger partial charge on any atom is -0.357 e. The first-order valence-electron chi connectivity index (χ1n) is 9.21. The number of likely N-dealkylation sites (N-methyl/N-ethyl adjacent to an activating group) is 1. The van der Waals surface area contributed by atoms with Gasteiger partial charge < -0.3 is 16.0 Å². The highest BCUT2D eigenvalue weighted by Crippen LogP contribution is 2.20. The fraction of sp³-hybridized carbons (Fsp3) is 0.579. The van der Waals surface area contributed by atoms with Crippen LogP contribution in [0, 0.1) is 0 Å². The molecule has 0 radical (unpaired) electrons. The first-order chi connectivity index (χ1) is 12.1. The Morgan fingerprint density at radius 2 is 1.88 bits per heavy atom. The van der Waals surface area contributed by atoms with Gasteiger partial charge in [0.2, 0.25) is 5.91 Å². The maximum absolute atomic E-state index is 11.6. The van der Waals surface area contributed by atoms with Crippen molar-refractivity contribution in [2.24, 2.45) is 4.99 Å². The van der Waals surface area contributed by atoms with E-state index in [1.165, 1.54) is 5.56 Å². The lowest BCUT2D eigenvalue weighted by atomic mass is 10.2. The summed E-state index contributed by atoms with van der Waals surface area (Å²) in [7, 11) is 0. The fourth-order valence-electron chi connectivity index (χ4n) is 3.16. The molecule has 1 heterocycles. The molecule has 0 spiro atoms. The third-order valence-corrected chi connectivity index (χ3v) is 4.37. The van der Waals surface area contributed by atoms with Gasteiger partial charge in [-0.3, -0.25) is 9.69 Å². The molecule has 3 N–H and O–H groups in total. The van der Waals surface area contributed by atoms with Crippen LogP contribution in [0.25, 0.3) is 0 Å². The van der Waals surface area contributed by atoms with Gasteiger partial charge in [0.15, 0.2) is 5.96 Å². The number of aliphatic imine (C=N–C) groups is 1. The molecule has 2 unspecified atom stereocenters. The summed E-state index contributed by atoms with van der Waals surface area (Å²) in [5.41, 5.74) is 1.34. The van der Waals surface area contributed by atoms with Gasteiger partial charge in [-0.05, 0) is 32.8 Å². The summed E-state index contributed by atoms with van der Waals surface area (Å²) in [4.78, 5) is 18.5. The molecule has 1 aromatic carbocycles. The molecule has 1 aliphatic heterocycles. The summed E-state index contributed by atoms with van der Waals surface area (Å²) in [6.45, 7) is 9.70. The topological polar surface area (TPSA) is 68.8 Å². The van der Waals surface area contributed by atoms with E-state index in [-0.39, 0.29) is 36.4 Å². The quantitative estimate of drug-likeness (QED) is 0.322. The van der Waals surface area contributed by atoms with Gasteiger partial charge in [-0.2, -0.15) is 0 Å². The number of hydrogen-bond donors (Lipinski definition) is 3. The molecule has 1 fully saturated rings. The third-order valence-electron chi connectivity index (χ3n) is 4.37. The lowest BCUT2D eigenvalue weighted by Gasteiger charge is -2.21. The second-order valence-corrected chi connectivity index (χ2v) is 6.49. The van der Waals surface area contributed by atoms with Crippen molar-refractivity contribution in [3.8, 4) is 0 Å². The van der Waals surface area contributed by atoms with Crippen molar-refractivity contribution in [2.45, 2.75) is 45.8 Å². The number of amides is 1. The predicted molar refractivity (Wildman–Crippen MR) is 118 cm³/mol. The molecule has 0 saturated carbocycles. The standard InChI is InChI=1S/C19H31N5O.HI/c1-4-20-18(25)12-22-19(21-5-2)23-17-11-15(3)24(14-17)13-16-9-7-6-8-10-16;/h6-10,15,17H,4-5,11-14H2,1-3H3,(H,20,25)(H2,21,22,23);1H. The van der Waals surface area contributed by atoms with Crippen LogP contribution < -0.4 is 16.0 Å². The number of likely N-dealkylation sites (tertiary alicyclic amines) is 1. The summed E-state index contributed by atoms with van der Waals surface area (Å²) < 4.78 is 0. The van der Waals surface area contributed by atoms with Crippen LogP contribution in [0.2, 0.25) is 0 Å². The average Bonchev–Trinajstić information content (AvgIpc) is 2.93. The maximum atomic E-state index is 11.6. The van der Waals surface area contributed by atoms with Crippen molar-refractivity contribution in [1.29, 1.82) is 0 Å². The Hall–Kier alpha value is -1.35. The van der Waals surface area contributed by atoms with Crippen molar-refractivity contribution in [1.82, 2.24) is 20.9 Å². The van der Waals surface area contributed by atoms with Crippen LogP contribution in [-0.2, 0) is 11.3 Å². The molecule has 1 amide bonds. The first-order valence-corrected chi connectivity index (χ1v) is 9.21. The van der Waals surface area contributed by atoms with Crippen molar-refractivity contribution >= 4 is 35.8 Å². The Bertz CT molecular complexity index is 566. The van der Waals surface area contributed by atoms with Crippen molar-refractivity contribution in [2.75, 3.05) is 26.2 Å². The Labute approximate surface area is 174 Å². The highest BCUT2D eigenvalue weighted by molar-refractivity contribution is 14.0. The Kier molecular flexibility index (Phi) is 10.6. The van der Waals surface area contributed by atoms with Crippen LogP contribution >= 0.6 is 24.0 Å². The van der Waals surface area contributed by atoms with Gasteiger partial charge in [0.1, 0.15) is 6.54 Å². The number of benzene rings is 1. The monoisotopic (exact) mass is 473 g/mol. The second-order valence-electron chi connectivity index (χ2n) is 6.49. The van der Waals surface area contributed by atoms with Gasteiger partial charge in [-0.1, -0.05) is 30.3 Å². The summed E-state index contributed by atoms with van der Waals surface area (Å²) in [5.74, 6) is 0.665. The van der Waals surface area contributed by atoms with Crippen molar-refractivity contribution in [3.05, 3.63) is 35.9 Å². The highest BCUT2D eigenvalue weighted by atomic mass is 127. The number of hydrogen-bond acceptors (Lipinski definition) is 3. The molecule has 1 aromatic rings. The smallest absolute Gasteiger partial charge is 0.241 e. The summed E-state index contributed by atoms with van der Waals surface area (Å²) >= 11 is 0. The van der Waals surface area contributed by atoms with E-state index in [1.807, 2.05) is 13.8 Å². The van der Waals surface area contributed by atoms with Gasteiger partial charge in [-0.25, -0.2) is 4.99 Å². The Morgan fingerprint density at radius 3 is 2.54 bits per heavy atom. The molecule has 0 aliphatic carbocycles. The molecule has 1 saturated heterocycles. The molecular weight excluding hydrogens is 441 g/mol. The van der Waals surface area contributed by atoms with E-state index in [4.69, 9.17) is 0 Å². The highest BCUT2D eigenvalue weighted by Gasteiger charge is 2.29. The Balaban J connectivity index is 0.00000338. The molecule has 0 aromatic heterocycles. The summed E-state index contributed by atoms with van der Waals surface area (Å²) in [5, 5.41) is 9.47. The van der Waals surface area contributed by atoms with E-state index in [0.29, 0.717) is 24.6 Å². The molecular formula is C19H32IN5O. The number of nitrogens with zero attached hydrogens (tertiary/aromatic N) is 2. The zero-order chi connectivity index (χ0) is 18.1. The van der Waals surface area contributed by atoms with E-state index >= 15 is 0 Å². The normalized spacial score (nSPS) is 20.3. The minimum atomic E-state index is -0.0507. The number of halogens is 1. The summed E-state index contributed by atoms with van der Waals surface area (Å²) in [6.07, 6.45) is 1.07. The molecule has 0 bridgehead atoms. The number of nitrogens with one attached hydrogen (secondary N) is 3. The van der Waals surface area contributed by atoms with E-state index in [0.717, 1.165) is 26.1 Å². The second kappa shape index (κ2) is 12.1. The predicted octanol–water partition coefficient (Wildman–Crippen LogP) is 1.96. The average molecular weight is 473 g/mol. The Morgan fingerprint density at radius 1 is 1.19 bits per heavy atom. The van der Waals surface area contributed by atoms with Crippen molar-refractivity contribution in [3.63, 3.8) is 0 Å². The van der Waals surface area contributed by atoms with Crippen LogP contribution in [0.1, 0.15) is 32.8 Å². The SMILES string of the molecule is CCNC(=O)CN=C(NCC)NC1CC(C)N(Cc2ccccc2)C1.I. The van der Waals surface area contributed by atoms with Gasteiger partial charge in [0.05, 0.1) is 0 Å². The van der Waals surface area contributed by atoms with Crippen LogP contribution in [0.5, 0.6) is 0 Å². The van der Waals surface area contributed by atoms with Crippen LogP contribution in [-0.4, -0.2) is 55.0 Å². The molecule has 26 heavy (non-hydrogen) atoms. The maximum Gasteiger partial charge on any atom is 0.241 e. The van der Waals surface area contributed by atoms with E-state index < -0.39 is 0 Å². The molecule has 2 atom stereocenters. The van der Waals surface area contributed by atoms with Crippen LogP contribution in [0.3, 0.4) is 0 Å². The molecule has 2 rings (SSSR count). The fourth-order valence-corrected chi connectivity index (χ4v) is 3.16. The molecule has 1 aliphatic rings. The van der Waals surface area contributed by atoms with Gasteiger partial charge in [0, 0.05) is 38.3 Å². The van der Waals surface area contributed by atoms with E-state index in [2.05, 4.69) is 63.1 Å². The third kappa shape index (κ3) is 7.49. The largest absolute Gasteiger partial charge is 0.357 e. The zero-order valence-corrected chi connectivity index (χ0v) is 18.3. The lowest BCUT2D eigenvalue weighted by molar-refractivity contribution is -0.119. The van der Waals surface area contributed by atoms with E-state index in [1.54, 1.807) is 0 Å². The molecule has 6 nitrogen and oxygen atoms in total. The van der Waals surface area contributed by atoms with E-state index in [9.17, 15) is 4.79 Å². The number of carbonyl (C=O) groups excluding carboxylic acids is 1. The minimum absolute atomic E-state index is 0. The number of guanidine groups is 1. The summed E-state index contributed by atoms with van der Waals surface area (Å²) in [6, 6.07) is 11.4. The zero-order valence-electron chi connectivity index (χ0n) is 16.0. The van der Waals surface area contributed by atoms with Crippen LogP contribution in [0.4, 0.5) is 0 Å². The number of rotatable bonds is 7. The lowest BCUT2D eigenvalue weighted by Crippen LogP contribution is -2.45. The van der Waals surface area contributed by atoms with Crippen LogP contribution in [0.15, 0.2) is 35.3 Å². The van der Waals surface area contributed by atoms with Crippen molar-refractivity contribution < 1.29 is 4.79 Å². The molecule has 146 valence electrons. The number of carbonyl (C=O) groups is 1. The van der Waals surface area contributed by atoms with Gasteiger partial charge in [0.25, 0.3) is 0 Å². The van der Waals surface area contributed by atoms with Gasteiger partial charge in [-0.15, -0.1) is 24.0 Å². The van der Waals surface area contributed by atoms with Gasteiger partial charge >= 0.3 is 0 Å². The first kappa shape index (κ1) is 22.7.